The fourth-order valence-electron chi connectivity index (χ4n) is 2.07. The third kappa shape index (κ3) is 4.80. The van der Waals surface area contributed by atoms with E-state index < -0.39 is 0 Å². The summed E-state index contributed by atoms with van der Waals surface area (Å²) in [5.74, 6) is 0.806. The highest BCUT2D eigenvalue weighted by Crippen LogP contribution is 2.15. The summed E-state index contributed by atoms with van der Waals surface area (Å²) in [4.78, 5) is 0. The van der Waals surface area contributed by atoms with Gasteiger partial charge in [0.1, 0.15) is 0 Å². The summed E-state index contributed by atoms with van der Waals surface area (Å²) >= 11 is 0. The maximum absolute atomic E-state index is 5.53. The van der Waals surface area contributed by atoms with Gasteiger partial charge in [-0.25, -0.2) is 0 Å². The Kier molecular flexibility index (Phi) is 6.17. The summed E-state index contributed by atoms with van der Waals surface area (Å²) in [6.07, 6.45) is 6.21. The predicted molar refractivity (Wildman–Crippen MR) is 71.6 cm³/mol. The van der Waals surface area contributed by atoms with Gasteiger partial charge in [-0.2, -0.15) is 0 Å². The number of benzene rings is 1. The van der Waals surface area contributed by atoms with Crippen LogP contribution in [-0.2, 0) is 12.8 Å². The minimum atomic E-state index is 0.742. The fraction of sp³-hybridized carbons (Fsp3) is 0.600. The van der Waals surface area contributed by atoms with Crippen molar-refractivity contribution in [1.82, 2.24) is 0 Å². The van der Waals surface area contributed by atoms with Crippen LogP contribution in [-0.4, -0.2) is 6.54 Å². The van der Waals surface area contributed by atoms with Crippen LogP contribution < -0.4 is 5.73 Å². The van der Waals surface area contributed by atoms with E-state index in [1.165, 1.54) is 36.8 Å². The maximum atomic E-state index is 5.53. The van der Waals surface area contributed by atoms with Crippen molar-refractivity contribution in [2.75, 3.05) is 6.54 Å². The lowest BCUT2D eigenvalue weighted by molar-refractivity contribution is 0.503. The topological polar surface area (TPSA) is 26.0 Å². The minimum absolute atomic E-state index is 0.742. The lowest BCUT2D eigenvalue weighted by Crippen LogP contribution is -2.03. The first-order valence-electron chi connectivity index (χ1n) is 6.54. The molecule has 0 aromatic heterocycles. The Labute approximate surface area is 100 Å². The molecule has 1 aromatic carbocycles. The summed E-state index contributed by atoms with van der Waals surface area (Å²) in [5.41, 5.74) is 8.35. The van der Waals surface area contributed by atoms with E-state index in [0.717, 1.165) is 18.9 Å². The zero-order valence-corrected chi connectivity index (χ0v) is 10.7. The van der Waals surface area contributed by atoms with E-state index in [1.54, 1.807) is 0 Å². The molecule has 0 fully saturated rings. The van der Waals surface area contributed by atoms with E-state index in [-0.39, 0.29) is 0 Å². The molecule has 0 aliphatic rings. The van der Waals surface area contributed by atoms with Crippen molar-refractivity contribution in [2.24, 2.45) is 11.7 Å². The Morgan fingerprint density at radius 3 is 2.31 bits per heavy atom. The van der Waals surface area contributed by atoms with Gasteiger partial charge in [0.25, 0.3) is 0 Å². The number of rotatable bonds is 7. The second-order valence-corrected chi connectivity index (χ2v) is 4.81. The van der Waals surface area contributed by atoms with E-state index in [1.807, 2.05) is 0 Å². The van der Waals surface area contributed by atoms with Crippen LogP contribution in [0.3, 0.4) is 0 Å². The second kappa shape index (κ2) is 7.45. The van der Waals surface area contributed by atoms with Gasteiger partial charge in [-0.05, 0) is 36.4 Å². The van der Waals surface area contributed by atoms with E-state index in [4.69, 9.17) is 5.73 Å². The molecule has 0 aliphatic carbocycles. The van der Waals surface area contributed by atoms with Crippen molar-refractivity contribution in [3.63, 3.8) is 0 Å². The Hall–Kier alpha value is -0.820. The van der Waals surface area contributed by atoms with Gasteiger partial charge in [0, 0.05) is 0 Å². The molecule has 1 aromatic rings. The van der Waals surface area contributed by atoms with Crippen molar-refractivity contribution in [1.29, 1.82) is 0 Å². The molecule has 16 heavy (non-hydrogen) atoms. The van der Waals surface area contributed by atoms with Crippen LogP contribution >= 0.6 is 0 Å². The third-order valence-electron chi connectivity index (χ3n) is 3.09. The molecule has 0 saturated carbocycles. The Bertz CT molecular complexity index is 276. The Morgan fingerprint density at radius 2 is 1.75 bits per heavy atom. The first-order valence-corrected chi connectivity index (χ1v) is 6.54. The predicted octanol–water partition coefficient (Wildman–Crippen LogP) is 3.56. The molecular weight excluding hydrogens is 194 g/mol. The molecule has 90 valence electrons. The molecule has 1 heteroatoms. The van der Waals surface area contributed by atoms with E-state index in [0.29, 0.717) is 0 Å². The van der Waals surface area contributed by atoms with Gasteiger partial charge in [0.2, 0.25) is 0 Å². The monoisotopic (exact) mass is 219 g/mol. The van der Waals surface area contributed by atoms with Crippen LogP contribution in [0.25, 0.3) is 0 Å². The van der Waals surface area contributed by atoms with Gasteiger partial charge < -0.3 is 5.73 Å². The molecule has 2 N–H and O–H groups in total. The SMILES string of the molecule is CCCCC(C)Cc1ccc(CCN)cc1. The Morgan fingerprint density at radius 1 is 1.12 bits per heavy atom. The van der Waals surface area contributed by atoms with Crippen LogP contribution in [0.4, 0.5) is 0 Å². The second-order valence-electron chi connectivity index (χ2n) is 4.81. The van der Waals surface area contributed by atoms with Crippen molar-refractivity contribution < 1.29 is 0 Å². The molecule has 1 unspecified atom stereocenters. The normalized spacial score (nSPS) is 12.7. The molecule has 0 saturated heterocycles. The van der Waals surface area contributed by atoms with Gasteiger partial charge in [-0.3, -0.25) is 0 Å². The first-order chi connectivity index (χ1) is 7.76. The van der Waals surface area contributed by atoms with E-state index in [9.17, 15) is 0 Å². The van der Waals surface area contributed by atoms with E-state index in [2.05, 4.69) is 38.1 Å². The first kappa shape index (κ1) is 13.2. The molecule has 0 spiro atoms. The van der Waals surface area contributed by atoms with Crippen LogP contribution in [0, 0.1) is 5.92 Å². The van der Waals surface area contributed by atoms with E-state index >= 15 is 0 Å². The van der Waals surface area contributed by atoms with Gasteiger partial charge in [0.15, 0.2) is 0 Å². The Balaban J connectivity index is 2.41. The van der Waals surface area contributed by atoms with Crippen LogP contribution in [0.1, 0.15) is 44.2 Å². The van der Waals surface area contributed by atoms with Gasteiger partial charge in [-0.1, -0.05) is 57.4 Å². The highest BCUT2D eigenvalue weighted by atomic mass is 14.5. The summed E-state index contributed by atoms with van der Waals surface area (Å²) in [6.45, 7) is 5.35. The molecule has 0 amide bonds. The number of hydrogen-bond acceptors (Lipinski definition) is 1. The van der Waals surface area contributed by atoms with Crippen molar-refractivity contribution in [3.05, 3.63) is 35.4 Å². The summed E-state index contributed by atoms with van der Waals surface area (Å²) in [6, 6.07) is 8.95. The quantitative estimate of drug-likeness (QED) is 0.745. The minimum Gasteiger partial charge on any atom is -0.330 e. The van der Waals surface area contributed by atoms with Crippen LogP contribution in [0.5, 0.6) is 0 Å². The number of nitrogens with two attached hydrogens (primary N) is 1. The highest BCUT2D eigenvalue weighted by Gasteiger charge is 2.03. The molecule has 1 nitrogen and oxygen atoms in total. The molecule has 0 radical (unpaired) electrons. The molecule has 1 atom stereocenters. The van der Waals surface area contributed by atoms with Crippen LogP contribution in [0.15, 0.2) is 24.3 Å². The van der Waals surface area contributed by atoms with Crippen molar-refractivity contribution >= 4 is 0 Å². The van der Waals surface area contributed by atoms with Gasteiger partial charge in [-0.15, -0.1) is 0 Å². The molecule has 1 rings (SSSR count). The summed E-state index contributed by atoms with van der Waals surface area (Å²) in [5, 5.41) is 0. The van der Waals surface area contributed by atoms with Gasteiger partial charge in [0.05, 0.1) is 0 Å². The zero-order valence-electron chi connectivity index (χ0n) is 10.7. The third-order valence-corrected chi connectivity index (χ3v) is 3.09. The average molecular weight is 219 g/mol. The zero-order chi connectivity index (χ0) is 11.8. The standard InChI is InChI=1S/C15H25N/c1-3-4-5-13(2)12-15-8-6-14(7-9-15)10-11-16/h6-9,13H,3-5,10-12,16H2,1-2H3. The van der Waals surface area contributed by atoms with Gasteiger partial charge >= 0.3 is 0 Å². The molecule has 0 heterocycles. The smallest absolute Gasteiger partial charge is 0.00367 e. The highest BCUT2D eigenvalue weighted by molar-refractivity contribution is 5.23. The summed E-state index contributed by atoms with van der Waals surface area (Å²) in [7, 11) is 0. The average Bonchev–Trinajstić information content (AvgIpc) is 2.29. The van der Waals surface area contributed by atoms with Crippen molar-refractivity contribution in [3.8, 4) is 0 Å². The molecule has 0 aliphatic heterocycles. The maximum Gasteiger partial charge on any atom is -0.00367 e. The molecule has 0 bridgehead atoms. The fourth-order valence-corrected chi connectivity index (χ4v) is 2.07. The lowest BCUT2D eigenvalue weighted by Gasteiger charge is -2.11. The number of hydrogen-bond donors (Lipinski definition) is 1. The van der Waals surface area contributed by atoms with Crippen LogP contribution in [0.2, 0.25) is 0 Å². The largest absolute Gasteiger partial charge is 0.330 e. The number of unbranched alkanes of at least 4 members (excludes halogenated alkanes) is 1. The lowest BCUT2D eigenvalue weighted by atomic mass is 9.95. The van der Waals surface area contributed by atoms with Crippen molar-refractivity contribution in [2.45, 2.75) is 46.0 Å². The summed E-state index contributed by atoms with van der Waals surface area (Å²) < 4.78 is 0. The molecular formula is C15H25N.